The standard InChI is InChI=1S/C30H30N4O2/c1-18(2)20-10-12-24-25(14-20)29(23-9-7-6-8-19(23)3)31-16-21-17-32-30(34-28(21)24)33-22-11-13-26(35-4)27(15-22)36-5/h6-15,17-18H,16H2,1-5H3,(H,32,33,34). The summed E-state index contributed by atoms with van der Waals surface area (Å²) in [5, 5.41) is 3.32. The van der Waals surface area contributed by atoms with Crippen LogP contribution < -0.4 is 14.8 Å². The summed E-state index contributed by atoms with van der Waals surface area (Å²) >= 11 is 0. The molecule has 6 nitrogen and oxygen atoms in total. The van der Waals surface area contributed by atoms with Crippen LogP contribution in [0.25, 0.3) is 11.3 Å². The van der Waals surface area contributed by atoms with E-state index in [-0.39, 0.29) is 0 Å². The van der Waals surface area contributed by atoms with E-state index in [1.165, 1.54) is 11.1 Å². The van der Waals surface area contributed by atoms with E-state index in [2.05, 4.69) is 73.5 Å². The normalized spacial score (nSPS) is 12.3. The van der Waals surface area contributed by atoms with Crippen LogP contribution in [0.4, 0.5) is 11.6 Å². The van der Waals surface area contributed by atoms with Crippen LogP contribution in [0.1, 0.15) is 47.6 Å². The molecule has 0 spiro atoms. The van der Waals surface area contributed by atoms with Crippen molar-refractivity contribution in [3.05, 3.63) is 94.7 Å². The lowest BCUT2D eigenvalue weighted by molar-refractivity contribution is 0.355. The molecule has 1 aromatic heterocycles. The van der Waals surface area contributed by atoms with Crippen LogP contribution in [0.15, 0.2) is 71.9 Å². The van der Waals surface area contributed by atoms with E-state index < -0.39 is 0 Å². The Bertz CT molecular complexity index is 1460. The predicted octanol–water partition coefficient (Wildman–Crippen LogP) is 6.69. The van der Waals surface area contributed by atoms with Gasteiger partial charge in [-0.05, 0) is 42.2 Å². The highest BCUT2D eigenvalue weighted by Crippen LogP contribution is 2.35. The second-order valence-corrected chi connectivity index (χ2v) is 9.20. The number of aliphatic imine (C=N–C) groups is 1. The summed E-state index contributed by atoms with van der Waals surface area (Å²) in [6, 6.07) is 20.7. The van der Waals surface area contributed by atoms with Crippen LogP contribution in [0.2, 0.25) is 0 Å². The fourth-order valence-corrected chi connectivity index (χ4v) is 4.50. The lowest BCUT2D eigenvalue weighted by atomic mass is 9.89. The molecule has 1 aliphatic heterocycles. The van der Waals surface area contributed by atoms with Gasteiger partial charge in [0.05, 0.1) is 32.2 Å². The van der Waals surface area contributed by atoms with Gasteiger partial charge in [-0.25, -0.2) is 9.97 Å². The minimum atomic E-state index is 0.406. The Morgan fingerprint density at radius 2 is 1.67 bits per heavy atom. The summed E-state index contributed by atoms with van der Waals surface area (Å²) in [6.07, 6.45) is 1.87. The van der Waals surface area contributed by atoms with Gasteiger partial charge >= 0.3 is 0 Å². The molecule has 5 rings (SSSR count). The SMILES string of the molecule is COc1ccc(Nc2ncc3c(n2)-c2ccc(C(C)C)cc2C(c2ccccc2C)=NC3)cc1OC. The number of anilines is 2. The quantitative estimate of drug-likeness (QED) is 0.334. The van der Waals surface area contributed by atoms with Crippen LogP contribution in [0, 0.1) is 6.92 Å². The number of ether oxygens (including phenoxy) is 2. The zero-order valence-corrected chi connectivity index (χ0v) is 21.3. The summed E-state index contributed by atoms with van der Waals surface area (Å²) in [6.45, 7) is 7.07. The van der Waals surface area contributed by atoms with E-state index in [0.717, 1.165) is 39.3 Å². The molecule has 0 atom stereocenters. The van der Waals surface area contributed by atoms with Crippen LogP contribution >= 0.6 is 0 Å². The summed E-state index contributed by atoms with van der Waals surface area (Å²) in [4.78, 5) is 14.6. The van der Waals surface area contributed by atoms with Gasteiger partial charge in [-0.1, -0.05) is 50.2 Å². The highest BCUT2D eigenvalue weighted by atomic mass is 16.5. The number of benzene rings is 3. The highest BCUT2D eigenvalue weighted by Gasteiger charge is 2.23. The Labute approximate surface area is 212 Å². The van der Waals surface area contributed by atoms with Gasteiger partial charge in [0.1, 0.15) is 0 Å². The molecule has 182 valence electrons. The third kappa shape index (κ3) is 4.42. The van der Waals surface area contributed by atoms with Crippen LogP contribution in [0.3, 0.4) is 0 Å². The molecular formula is C30H30N4O2. The molecule has 0 aliphatic carbocycles. The van der Waals surface area contributed by atoms with Crippen molar-refractivity contribution >= 4 is 17.3 Å². The summed E-state index contributed by atoms with van der Waals surface area (Å²) in [7, 11) is 3.24. The Hall–Kier alpha value is -4.19. The molecule has 3 aromatic carbocycles. The van der Waals surface area contributed by atoms with Crippen molar-refractivity contribution in [1.29, 1.82) is 0 Å². The Balaban J connectivity index is 1.61. The summed E-state index contributed by atoms with van der Waals surface area (Å²) in [5.41, 5.74) is 9.48. The molecule has 6 heteroatoms. The first-order valence-electron chi connectivity index (χ1n) is 12.1. The van der Waals surface area contributed by atoms with Gasteiger partial charge in [-0.15, -0.1) is 0 Å². The molecule has 1 aliphatic rings. The van der Waals surface area contributed by atoms with Crippen molar-refractivity contribution in [2.45, 2.75) is 33.2 Å². The maximum atomic E-state index is 5.44. The predicted molar refractivity (Wildman–Crippen MR) is 145 cm³/mol. The first kappa shape index (κ1) is 23.5. The smallest absolute Gasteiger partial charge is 0.227 e. The van der Waals surface area contributed by atoms with Crippen molar-refractivity contribution in [3.8, 4) is 22.8 Å². The Morgan fingerprint density at radius 3 is 2.42 bits per heavy atom. The molecule has 0 unspecified atom stereocenters. The maximum absolute atomic E-state index is 5.44. The highest BCUT2D eigenvalue weighted by molar-refractivity contribution is 6.17. The number of aryl methyl sites for hydroxylation is 1. The van der Waals surface area contributed by atoms with E-state index in [1.54, 1.807) is 14.2 Å². The van der Waals surface area contributed by atoms with Crippen molar-refractivity contribution in [3.63, 3.8) is 0 Å². The number of fused-ring (bicyclic) bond motifs is 3. The van der Waals surface area contributed by atoms with Crippen molar-refractivity contribution in [2.24, 2.45) is 4.99 Å². The van der Waals surface area contributed by atoms with E-state index in [4.69, 9.17) is 19.5 Å². The van der Waals surface area contributed by atoms with Crippen molar-refractivity contribution in [2.75, 3.05) is 19.5 Å². The molecule has 0 bridgehead atoms. The van der Waals surface area contributed by atoms with E-state index in [0.29, 0.717) is 29.9 Å². The number of aromatic nitrogens is 2. The largest absolute Gasteiger partial charge is 0.493 e. The van der Waals surface area contributed by atoms with Gasteiger partial charge in [-0.2, -0.15) is 0 Å². The van der Waals surface area contributed by atoms with Gasteiger partial charge < -0.3 is 14.8 Å². The third-order valence-corrected chi connectivity index (χ3v) is 6.53. The Kier molecular flexibility index (Phi) is 6.42. The Morgan fingerprint density at radius 1 is 0.861 bits per heavy atom. The van der Waals surface area contributed by atoms with Crippen molar-refractivity contribution < 1.29 is 9.47 Å². The van der Waals surface area contributed by atoms with Gasteiger partial charge in [-0.3, -0.25) is 4.99 Å². The lowest BCUT2D eigenvalue weighted by Crippen LogP contribution is -2.08. The minimum Gasteiger partial charge on any atom is -0.493 e. The number of hydrogen-bond acceptors (Lipinski definition) is 6. The number of methoxy groups -OCH3 is 2. The average Bonchev–Trinajstić information content (AvgIpc) is 3.05. The second-order valence-electron chi connectivity index (χ2n) is 9.20. The third-order valence-electron chi connectivity index (χ3n) is 6.53. The van der Waals surface area contributed by atoms with E-state index in [9.17, 15) is 0 Å². The molecule has 1 N–H and O–H groups in total. The summed E-state index contributed by atoms with van der Waals surface area (Å²) in [5.74, 6) is 2.23. The topological polar surface area (TPSA) is 68.6 Å². The van der Waals surface area contributed by atoms with Crippen LogP contribution in [-0.2, 0) is 6.54 Å². The molecule has 0 saturated heterocycles. The molecule has 2 heterocycles. The van der Waals surface area contributed by atoms with Gasteiger partial charge in [0.2, 0.25) is 5.95 Å². The first-order chi connectivity index (χ1) is 17.5. The molecule has 4 aromatic rings. The fraction of sp³-hybridized carbons (Fsp3) is 0.233. The lowest BCUT2D eigenvalue weighted by Gasteiger charge is -2.16. The van der Waals surface area contributed by atoms with Gasteiger partial charge in [0, 0.05) is 40.2 Å². The van der Waals surface area contributed by atoms with Crippen LogP contribution in [0.5, 0.6) is 11.5 Å². The van der Waals surface area contributed by atoms with E-state index >= 15 is 0 Å². The molecule has 36 heavy (non-hydrogen) atoms. The summed E-state index contributed by atoms with van der Waals surface area (Å²) < 4.78 is 10.8. The molecule has 0 saturated carbocycles. The zero-order chi connectivity index (χ0) is 25.2. The number of hydrogen-bond donors (Lipinski definition) is 1. The number of rotatable bonds is 6. The second kappa shape index (κ2) is 9.82. The molecule has 0 radical (unpaired) electrons. The number of nitrogens with one attached hydrogen (secondary N) is 1. The molecular weight excluding hydrogens is 448 g/mol. The van der Waals surface area contributed by atoms with Gasteiger partial charge in [0.15, 0.2) is 11.5 Å². The minimum absolute atomic E-state index is 0.406. The number of nitrogens with zero attached hydrogens (tertiary/aromatic N) is 3. The fourth-order valence-electron chi connectivity index (χ4n) is 4.50. The van der Waals surface area contributed by atoms with Crippen LogP contribution in [-0.4, -0.2) is 29.9 Å². The molecule has 0 amide bonds. The first-order valence-corrected chi connectivity index (χ1v) is 12.1. The molecule has 0 fully saturated rings. The average molecular weight is 479 g/mol. The van der Waals surface area contributed by atoms with Gasteiger partial charge in [0.25, 0.3) is 0 Å². The van der Waals surface area contributed by atoms with E-state index in [1.807, 2.05) is 24.4 Å². The zero-order valence-electron chi connectivity index (χ0n) is 21.3. The van der Waals surface area contributed by atoms with Crippen molar-refractivity contribution in [1.82, 2.24) is 9.97 Å². The maximum Gasteiger partial charge on any atom is 0.227 e. The monoisotopic (exact) mass is 478 g/mol.